The van der Waals surface area contributed by atoms with Gasteiger partial charge in [0.15, 0.2) is 0 Å². The van der Waals surface area contributed by atoms with Crippen molar-refractivity contribution in [3.8, 4) is 11.4 Å². The summed E-state index contributed by atoms with van der Waals surface area (Å²) < 4.78 is 15.0. The minimum absolute atomic E-state index is 0.00891. The Balaban J connectivity index is 1.42. The Labute approximate surface area is 171 Å². The number of rotatable bonds is 3. The van der Waals surface area contributed by atoms with Crippen LogP contribution >= 0.6 is 0 Å². The molecule has 3 aromatic rings. The zero-order valence-corrected chi connectivity index (χ0v) is 16.3. The van der Waals surface area contributed by atoms with Crippen molar-refractivity contribution in [2.75, 3.05) is 18.0 Å². The molecule has 0 aliphatic carbocycles. The molecule has 152 valence electrons. The average Bonchev–Trinajstić information content (AvgIpc) is 3.36. The topological polar surface area (TPSA) is 84.2 Å². The van der Waals surface area contributed by atoms with Gasteiger partial charge in [0, 0.05) is 38.0 Å². The number of fused-ring (bicyclic) bond motifs is 2. The lowest BCUT2D eigenvalue weighted by Gasteiger charge is -2.35. The van der Waals surface area contributed by atoms with E-state index in [0.29, 0.717) is 36.0 Å². The van der Waals surface area contributed by atoms with Crippen molar-refractivity contribution in [3.63, 3.8) is 0 Å². The summed E-state index contributed by atoms with van der Waals surface area (Å²) in [5, 5.41) is 0. The second kappa shape index (κ2) is 7.01. The van der Waals surface area contributed by atoms with Crippen LogP contribution in [-0.2, 0) is 7.05 Å². The number of hydrogen-bond donors (Lipinski definition) is 0. The Bertz CT molecular complexity index is 1180. The summed E-state index contributed by atoms with van der Waals surface area (Å²) in [7, 11) is 1.69. The Kier molecular flexibility index (Phi) is 4.30. The maximum Gasteiger partial charge on any atom is 0.255 e. The summed E-state index contributed by atoms with van der Waals surface area (Å²) in [6.07, 6.45) is 3.81. The molecular weight excluding hydrogens is 387 g/mol. The molecule has 2 fully saturated rings. The lowest BCUT2D eigenvalue weighted by molar-refractivity contribution is 0.0724. The van der Waals surface area contributed by atoms with E-state index in [0.717, 1.165) is 6.42 Å². The van der Waals surface area contributed by atoms with Crippen molar-refractivity contribution in [2.45, 2.75) is 18.5 Å². The third-order valence-corrected chi connectivity index (χ3v) is 5.79. The molecule has 30 heavy (non-hydrogen) atoms. The predicted molar refractivity (Wildman–Crippen MR) is 107 cm³/mol. The fourth-order valence-corrected chi connectivity index (χ4v) is 4.31. The minimum Gasteiger partial charge on any atom is -0.335 e. The molecule has 0 radical (unpaired) electrons. The van der Waals surface area contributed by atoms with Gasteiger partial charge in [-0.2, -0.15) is 0 Å². The summed E-state index contributed by atoms with van der Waals surface area (Å²) in [5.74, 6) is -0.0349. The quantitative estimate of drug-likeness (QED) is 0.655. The molecule has 1 amide bonds. The molecule has 9 heteroatoms. The van der Waals surface area contributed by atoms with E-state index in [1.807, 2.05) is 0 Å². The van der Waals surface area contributed by atoms with Crippen LogP contribution in [0, 0.1) is 5.82 Å². The zero-order chi connectivity index (χ0) is 20.8. The number of anilines is 1. The molecule has 2 aliphatic rings. The first-order chi connectivity index (χ1) is 14.5. The number of benzene rings is 1. The smallest absolute Gasteiger partial charge is 0.255 e. The molecule has 0 saturated carbocycles. The molecule has 1 unspecified atom stereocenters. The van der Waals surface area contributed by atoms with Gasteiger partial charge in [-0.25, -0.2) is 19.3 Å². The average molecular weight is 406 g/mol. The Hall–Kier alpha value is -3.62. The van der Waals surface area contributed by atoms with Crippen molar-refractivity contribution in [1.82, 2.24) is 24.4 Å². The van der Waals surface area contributed by atoms with Gasteiger partial charge in [-0.15, -0.1) is 0 Å². The van der Waals surface area contributed by atoms with Crippen LogP contribution < -0.4 is 10.5 Å². The van der Waals surface area contributed by atoms with Gasteiger partial charge >= 0.3 is 0 Å². The van der Waals surface area contributed by atoms with Crippen LogP contribution in [0.15, 0.2) is 53.7 Å². The zero-order valence-electron chi connectivity index (χ0n) is 16.3. The lowest BCUT2D eigenvalue weighted by atomic mass is 10.1. The van der Waals surface area contributed by atoms with Crippen LogP contribution in [0.3, 0.4) is 0 Å². The molecule has 2 aliphatic heterocycles. The van der Waals surface area contributed by atoms with E-state index >= 15 is 0 Å². The Morgan fingerprint density at radius 1 is 1.13 bits per heavy atom. The van der Waals surface area contributed by atoms with Gasteiger partial charge in [0.25, 0.3) is 11.5 Å². The van der Waals surface area contributed by atoms with Crippen molar-refractivity contribution < 1.29 is 9.18 Å². The molecule has 8 nitrogen and oxygen atoms in total. The van der Waals surface area contributed by atoms with Gasteiger partial charge < -0.3 is 9.80 Å². The summed E-state index contributed by atoms with van der Waals surface area (Å²) in [4.78, 5) is 42.0. The maximum atomic E-state index is 13.5. The minimum atomic E-state index is -0.424. The second-order valence-electron chi connectivity index (χ2n) is 7.60. The molecule has 4 heterocycles. The highest BCUT2D eigenvalue weighted by atomic mass is 19.1. The Morgan fingerprint density at radius 2 is 2.00 bits per heavy atom. The summed E-state index contributed by atoms with van der Waals surface area (Å²) >= 11 is 0. The van der Waals surface area contributed by atoms with E-state index in [1.165, 1.54) is 29.1 Å². The number of hydrogen-bond acceptors (Lipinski definition) is 6. The van der Waals surface area contributed by atoms with Crippen LogP contribution in [-0.4, -0.2) is 55.5 Å². The molecule has 0 N–H and O–H groups in total. The third kappa shape index (κ3) is 3.02. The number of amides is 1. The van der Waals surface area contributed by atoms with Crippen molar-refractivity contribution in [3.05, 3.63) is 70.7 Å². The molecule has 1 aromatic carbocycles. The van der Waals surface area contributed by atoms with E-state index in [-0.39, 0.29) is 23.6 Å². The molecule has 2 atom stereocenters. The van der Waals surface area contributed by atoms with Crippen LogP contribution in [0.25, 0.3) is 11.4 Å². The summed E-state index contributed by atoms with van der Waals surface area (Å²) in [5.41, 5.74) is 1.25. The van der Waals surface area contributed by atoms with Crippen LogP contribution in [0.1, 0.15) is 16.8 Å². The number of halogens is 1. The van der Waals surface area contributed by atoms with E-state index in [9.17, 15) is 14.0 Å². The van der Waals surface area contributed by atoms with Crippen molar-refractivity contribution in [2.24, 2.45) is 7.05 Å². The van der Waals surface area contributed by atoms with E-state index in [1.54, 1.807) is 36.3 Å². The fraction of sp³-hybridized carbons (Fsp3) is 0.286. The highest BCUT2D eigenvalue weighted by Gasteiger charge is 2.46. The fourth-order valence-electron chi connectivity index (χ4n) is 4.31. The highest BCUT2D eigenvalue weighted by Crippen LogP contribution is 2.34. The van der Waals surface area contributed by atoms with Crippen LogP contribution in [0.5, 0.6) is 0 Å². The SMILES string of the molecule is Cn1c(N2CC3C[C@@H]2CN3C(=O)c2cccc(F)c2)nc(-c2ccncn2)cc1=O. The third-order valence-electron chi connectivity index (χ3n) is 5.79. The number of carbonyl (C=O) groups is 1. The van der Waals surface area contributed by atoms with Gasteiger partial charge in [-0.1, -0.05) is 6.07 Å². The van der Waals surface area contributed by atoms with E-state index in [4.69, 9.17) is 0 Å². The van der Waals surface area contributed by atoms with Crippen LogP contribution in [0.4, 0.5) is 10.3 Å². The molecule has 5 rings (SSSR count). The van der Waals surface area contributed by atoms with E-state index < -0.39 is 5.82 Å². The number of aromatic nitrogens is 4. The van der Waals surface area contributed by atoms with Crippen molar-refractivity contribution >= 4 is 11.9 Å². The Morgan fingerprint density at radius 3 is 2.70 bits per heavy atom. The number of likely N-dealkylation sites (tertiary alicyclic amines) is 1. The highest BCUT2D eigenvalue weighted by molar-refractivity contribution is 5.95. The normalized spacial score (nSPS) is 20.1. The van der Waals surface area contributed by atoms with Gasteiger partial charge in [0.1, 0.15) is 12.1 Å². The van der Waals surface area contributed by atoms with Gasteiger partial charge in [0.2, 0.25) is 5.95 Å². The lowest BCUT2D eigenvalue weighted by Crippen LogP contribution is -2.50. The first-order valence-electron chi connectivity index (χ1n) is 9.69. The molecule has 2 aromatic heterocycles. The first kappa shape index (κ1) is 18.4. The standard InChI is InChI=1S/C21H19FN6O2/c1-26-19(29)9-18(17-5-6-23-12-24-17)25-21(26)28-11-15-8-16(28)10-27(15)20(30)13-3-2-4-14(22)7-13/h2-7,9,12,15-16H,8,10-11H2,1H3/t15?,16-/m1/s1. The van der Waals surface area contributed by atoms with Gasteiger partial charge in [0.05, 0.1) is 23.5 Å². The monoisotopic (exact) mass is 406 g/mol. The number of carbonyl (C=O) groups excluding carboxylic acids is 1. The largest absolute Gasteiger partial charge is 0.335 e. The van der Waals surface area contributed by atoms with Gasteiger partial charge in [-0.3, -0.25) is 14.2 Å². The molecule has 2 saturated heterocycles. The maximum absolute atomic E-state index is 13.5. The summed E-state index contributed by atoms with van der Waals surface area (Å²) in [6, 6.07) is 8.97. The van der Waals surface area contributed by atoms with E-state index in [2.05, 4.69) is 19.9 Å². The molecular formula is C21H19FN6O2. The van der Waals surface area contributed by atoms with Gasteiger partial charge in [-0.05, 0) is 30.7 Å². The molecule has 2 bridgehead atoms. The number of piperazine rings is 1. The van der Waals surface area contributed by atoms with Crippen molar-refractivity contribution in [1.29, 1.82) is 0 Å². The molecule has 0 spiro atoms. The predicted octanol–water partition coefficient (Wildman–Crippen LogP) is 1.48. The summed E-state index contributed by atoms with van der Waals surface area (Å²) in [6.45, 7) is 1.08. The second-order valence-corrected chi connectivity index (χ2v) is 7.60. The number of nitrogens with zero attached hydrogens (tertiary/aromatic N) is 6. The van der Waals surface area contributed by atoms with Crippen LogP contribution in [0.2, 0.25) is 0 Å². The first-order valence-corrected chi connectivity index (χ1v) is 9.69.